The monoisotopic (exact) mass is 430 g/mol. The Labute approximate surface area is 187 Å². The molecule has 32 heavy (non-hydrogen) atoms. The first-order chi connectivity index (χ1) is 15.3. The second kappa shape index (κ2) is 8.70. The minimum Gasteiger partial charge on any atom is -0.459 e. The van der Waals surface area contributed by atoms with E-state index in [-0.39, 0.29) is 12.1 Å². The lowest BCUT2D eigenvalue weighted by atomic mass is 9.93. The molecule has 7 nitrogen and oxygen atoms in total. The van der Waals surface area contributed by atoms with Gasteiger partial charge in [-0.1, -0.05) is 48.0 Å². The minimum atomic E-state index is -0.705. The number of ether oxygens (including phenoxy) is 1. The van der Waals surface area contributed by atoms with E-state index in [0.29, 0.717) is 22.5 Å². The standard InChI is InChI=1S/C25H26N4O3/c1-15(2)32-24(30)21-17(4)26-25(31)27-23(21)20-14-29(19-8-6-5-7-9-19)28-22(20)18-12-10-16(3)11-13-18/h5-15,23H,1-4H3,(H2,26,27,31)/t23-/m0/s1. The van der Waals surface area contributed by atoms with Crippen LogP contribution in [0, 0.1) is 6.92 Å². The molecule has 1 atom stereocenters. The van der Waals surface area contributed by atoms with Crippen LogP contribution in [-0.2, 0) is 9.53 Å². The Morgan fingerprint density at radius 2 is 1.75 bits per heavy atom. The maximum atomic E-state index is 13.0. The summed E-state index contributed by atoms with van der Waals surface area (Å²) in [5, 5.41) is 10.4. The fourth-order valence-corrected chi connectivity index (χ4v) is 3.72. The van der Waals surface area contributed by atoms with E-state index < -0.39 is 12.0 Å². The van der Waals surface area contributed by atoms with Crippen molar-refractivity contribution in [3.05, 3.63) is 83.2 Å². The van der Waals surface area contributed by atoms with E-state index in [0.717, 1.165) is 16.8 Å². The number of allylic oxidation sites excluding steroid dienone is 1. The lowest BCUT2D eigenvalue weighted by molar-refractivity contribution is -0.143. The highest BCUT2D eigenvalue weighted by molar-refractivity contribution is 5.95. The number of hydrogen-bond acceptors (Lipinski definition) is 4. The predicted molar refractivity (Wildman–Crippen MR) is 122 cm³/mol. The summed E-state index contributed by atoms with van der Waals surface area (Å²) in [6.07, 6.45) is 1.57. The highest BCUT2D eigenvalue weighted by atomic mass is 16.5. The lowest BCUT2D eigenvalue weighted by Gasteiger charge is -2.28. The maximum absolute atomic E-state index is 13.0. The highest BCUT2D eigenvalue weighted by Gasteiger charge is 2.35. The van der Waals surface area contributed by atoms with E-state index >= 15 is 0 Å². The fraction of sp³-hybridized carbons (Fsp3) is 0.240. The number of carbonyl (C=O) groups is 2. The van der Waals surface area contributed by atoms with Gasteiger partial charge >= 0.3 is 12.0 Å². The zero-order valence-electron chi connectivity index (χ0n) is 18.5. The Morgan fingerprint density at radius 1 is 1.06 bits per heavy atom. The molecular weight excluding hydrogens is 404 g/mol. The number of nitrogens with one attached hydrogen (secondary N) is 2. The molecule has 7 heteroatoms. The topological polar surface area (TPSA) is 85.2 Å². The van der Waals surface area contributed by atoms with Crippen molar-refractivity contribution in [3.63, 3.8) is 0 Å². The molecule has 0 fully saturated rings. The van der Waals surface area contributed by atoms with Gasteiger partial charge in [-0.05, 0) is 39.8 Å². The minimum absolute atomic E-state index is 0.287. The molecule has 0 saturated heterocycles. The van der Waals surface area contributed by atoms with Crippen LogP contribution in [0.5, 0.6) is 0 Å². The summed E-state index contributed by atoms with van der Waals surface area (Å²) in [4.78, 5) is 25.4. The average Bonchev–Trinajstić information content (AvgIpc) is 3.19. The number of para-hydroxylation sites is 1. The van der Waals surface area contributed by atoms with Crippen molar-refractivity contribution in [2.24, 2.45) is 0 Å². The number of benzene rings is 2. The molecule has 2 N–H and O–H groups in total. The van der Waals surface area contributed by atoms with Crippen LogP contribution in [0.1, 0.15) is 37.9 Å². The van der Waals surface area contributed by atoms with Crippen LogP contribution in [0.3, 0.4) is 0 Å². The molecular formula is C25H26N4O3. The average molecular weight is 431 g/mol. The number of urea groups is 1. The quantitative estimate of drug-likeness (QED) is 0.587. The molecule has 0 saturated carbocycles. The second-order valence-corrected chi connectivity index (χ2v) is 8.10. The smallest absolute Gasteiger partial charge is 0.338 e. The van der Waals surface area contributed by atoms with Crippen molar-refractivity contribution in [1.82, 2.24) is 20.4 Å². The summed E-state index contributed by atoms with van der Waals surface area (Å²) < 4.78 is 7.25. The summed E-state index contributed by atoms with van der Waals surface area (Å²) in [7, 11) is 0. The molecule has 1 aromatic heterocycles. The van der Waals surface area contributed by atoms with Crippen LogP contribution in [0.2, 0.25) is 0 Å². The van der Waals surface area contributed by atoms with Crippen molar-refractivity contribution >= 4 is 12.0 Å². The van der Waals surface area contributed by atoms with Crippen LogP contribution >= 0.6 is 0 Å². The first-order valence-electron chi connectivity index (χ1n) is 10.5. The highest BCUT2D eigenvalue weighted by Crippen LogP contribution is 2.35. The third-order valence-electron chi connectivity index (χ3n) is 5.23. The Kier molecular flexibility index (Phi) is 5.81. The number of hydrogen-bond donors (Lipinski definition) is 2. The van der Waals surface area contributed by atoms with Gasteiger partial charge in [0.25, 0.3) is 0 Å². The fourth-order valence-electron chi connectivity index (χ4n) is 3.72. The van der Waals surface area contributed by atoms with E-state index in [1.54, 1.807) is 25.5 Å². The Morgan fingerprint density at radius 3 is 2.41 bits per heavy atom. The number of nitrogens with zero attached hydrogens (tertiary/aromatic N) is 2. The first-order valence-corrected chi connectivity index (χ1v) is 10.5. The molecule has 2 amide bonds. The maximum Gasteiger partial charge on any atom is 0.338 e. The molecule has 1 aliphatic rings. The normalized spacial score (nSPS) is 16.0. The van der Waals surface area contributed by atoms with Crippen molar-refractivity contribution in [2.75, 3.05) is 0 Å². The number of aromatic nitrogens is 2. The van der Waals surface area contributed by atoms with Gasteiger partial charge in [-0.2, -0.15) is 5.10 Å². The Bertz CT molecular complexity index is 1180. The van der Waals surface area contributed by atoms with E-state index in [1.165, 1.54) is 0 Å². The third-order valence-corrected chi connectivity index (χ3v) is 5.23. The molecule has 0 bridgehead atoms. The van der Waals surface area contributed by atoms with Crippen molar-refractivity contribution in [1.29, 1.82) is 0 Å². The summed E-state index contributed by atoms with van der Waals surface area (Å²) in [5.74, 6) is -0.475. The van der Waals surface area contributed by atoms with Gasteiger partial charge < -0.3 is 15.4 Å². The Hall–Kier alpha value is -3.87. The summed E-state index contributed by atoms with van der Waals surface area (Å²) >= 11 is 0. The van der Waals surface area contributed by atoms with Crippen LogP contribution < -0.4 is 10.6 Å². The molecule has 3 aromatic rings. The van der Waals surface area contributed by atoms with Gasteiger partial charge in [-0.3, -0.25) is 0 Å². The van der Waals surface area contributed by atoms with Crippen LogP contribution in [0.15, 0.2) is 72.1 Å². The van der Waals surface area contributed by atoms with Crippen molar-refractivity contribution in [2.45, 2.75) is 39.8 Å². The van der Waals surface area contributed by atoms with E-state index in [2.05, 4.69) is 10.6 Å². The van der Waals surface area contributed by atoms with Gasteiger partial charge in [0.1, 0.15) is 0 Å². The van der Waals surface area contributed by atoms with Crippen LogP contribution in [-0.4, -0.2) is 27.9 Å². The van der Waals surface area contributed by atoms with Gasteiger partial charge in [0.05, 0.1) is 29.1 Å². The van der Waals surface area contributed by atoms with Crippen LogP contribution in [0.25, 0.3) is 16.9 Å². The summed E-state index contributed by atoms with van der Waals surface area (Å²) in [6.45, 7) is 7.31. The van der Waals surface area contributed by atoms with Gasteiger partial charge in [-0.25, -0.2) is 14.3 Å². The number of esters is 1. The van der Waals surface area contributed by atoms with Crippen molar-refractivity contribution in [3.8, 4) is 16.9 Å². The largest absolute Gasteiger partial charge is 0.459 e. The zero-order chi connectivity index (χ0) is 22.8. The lowest BCUT2D eigenvalue weighted by Crippen LogP contribution is -2.45. The Balaban J connectivity index is 1.89. The zero-order valence-corrected chi connectivity index (χ0v) is 18.5. The predicted octanol–water partition coefficient (Wildman–Crippen LogP) is 4.43. The molecule has 0 aliphatic carbocycles. The SMILES string of the molecule is CC1=C(C(=O)OC(C)C)[C@H](c2cn(-c3ccccc3)nc2-c2ccc(C)cc2)NC(=O)N1. The number of rotatable bonds is 5. The first kappa shape index (κ1) is 21.4. The van der Waals surface area contributed by atoms with Crippen LogP contribution in [0.4, 0.5) is 4.79 Å². The molecule has 4 rings (SSSR count). The van der Waals surface area contributed by atoms with E-state index in [1.807, 2.05) is 67.7 Å². The van der Waals surface area contributed by atoms with Gasteiger partial charge in [0.2, 0.25) is 0 Å². The molecule has 164 valence electrons. The van der Waals surface area contributed by atoms with Crippen molar-refractivity contribution < 1.29 is 14.3 Å². The molecule has 2 heterocycles. The van der Waals surface area contributed by atoms with E-state index in [9.17, 15) is 9.59 Å². The molecule has 0 radical (unpaired) electrons. The third kappa shape index (κ3) is 4.27. The summed E-state index contributed by atoms with van der Waals surface area (Å²) in [6, 6.07) is 16.6. The number of amides is 2. The molecule has 0 unspecified atom stereocenters. The number of aryl methyl sites for hydroxylation is 1. The molecule has 2 aromatic carbocycles. The molecule has 0 spiro atoms. The van der Waals surface area contributed by atoms with Gasteiger partial charge in [0, 0.05) is 23.0 Å². The number of carbonyl (C=O) groups excluding carboxylic acids is 2. The van der Waals surface area contributed by atoms with Gasteiger partial charge in [-0.15, -0.1) is 0 Å². The summed E-state index contributed by atoms with van der Waals surface area (Å²) in [5.41, 5.74) is 5.11. The second-order valence-electron chi connectivity index (χ2n) is 8.10. The van der Waals surface area contributed by atoms with Gasteiger partial charge in [0.15, 0.2) is 0 Å². The van der Waals surface area contributed by atoms with E-state index in [4.69, 9.17) is 9.84 Å². The molecule has 1 aliphatic heterocycles.